The third-order valence-electron chi connectivity index (χ3n) is 4.42. The predicted molar refractivity (Wildman–Crippen MR) is 103 cm³/mol. The molecule has 0 spiro atoms. The second-order valence-corrected chi connectivity index (χ2v) is 6.97. The van der Waals surface area contributed by atoms with Crippen molar-refractivity contribution in [3.63, 3.8) is 0 Å². The summed E-state index contributed by atoms with van der Waals surface area (Å²) in [5.41, 5.74) is 0.887. The lowest BCUT2D eigenvalue weighted by Crippen LogP contribution is -2.53. The monoisotopic (exact) mass is 366 g/mol. The van der Waals surface area contributed by atoms with E-state index in [0.29, 0.717) is 22.7 Å². The van der Waals surface area contributed by atoms with Crippen molar-refractivity contribution in [3.8, 4) is 5.75 Å². The first-order valence-electron chi connectivity index (χ1n) is 8.79. The standard InChI is InChI=1S/C21H22N2O4/c1-14(24)15-8-10-16(11-9-15)22-19(25)12-13-23-17-6-4-5-7-18(17)27-21(2,3)20(23)26/h4-11H,12-13H2,1-3H3,(H,22,25). The summed E-state index contributed by atoms with van der Waals surface area (Å²) in [4.78, 5) is 37.9. The maximum Gasteiger partial charge on any atom is 0.270 e. The van der Waals surface area contributed by atoms with Gasteiger partial charge in [0.2, 0.25) is 5.91 Å². The van der Waals surface area contributed by atoms with Gasteiger partial charge in [0.05, 0.1) is 5.69 Å². The molecule has 3 rings (SSSR count). The Labute approximate surface area is 158 Å². The maximum absolute atomic E-state index is 12.7. The summed E-state index contributed by atoms with van der Waals surface area (Å²) < 4.78 is 5.78. The number of rotatable bonds is 5. The minimum Gasteiger partial charge on any atom is -0.476 e. The van der Waals surface area contributed by atoms with Gasteiger partial charge in [-0.1, -0.05) is 12.1 Å². The molecule has 27 heavy (non-hydrogen) atoms. The molecule has 1 aliphatic rings. The Kier molecular flexibility index (Phi) is 4.99. The van der Waals surface area contributed by atoms with E-state index in [0.717, 1.165) is 0 Å². The summed E-state index contributed by atoms with van der Waals surface area (Å²) in [5.74, 6) is 0.210. The summed E-state index contributed by atoms with van der Waals surface area (Å²) in [7, 11) is 0. The van der Waals surface area contributed by atoms with E-state index in [1.54, 1.807) is 49.1 Å². The lowest BCUT2D eigenvalue weighted by atomic mass is 10.0. The highest BCUT2D eigenvalue weighted by Gasteiger charge is 2.40. The Hall–Kier alpha value is -3.15. The van der Waals surface area contributed by atoms with Crippen molar-refractivity contribution in [1.82, 2.24) is 0 Å². The lowest BCUT2D eigenvalue weighted by Gasteiger charge is -2.38. The van der Waals surface area contributed by atoms with Crippen molar-refractivity contribution < 1.29 is 19.1 Å². The van der Waals surface area contributed by atoms with E-state index in [9.17, 15) is 14.4 Å². The minimum atomic E-state index is -0.979. The number of carbonyl (C=O) groups excluding carboxylic acids is 3. The van der Waals surface area contributed by atoms with E-state index in [-0.39, 0.29) is 30.6 Å². The number of nitrogens with one attached hydrogen (secondary N) is 1. The molecule has 0 aliphatic carbocycles. The van der Waals surface area contributed by atoms with Crippen molar-refractivity contribution in [2.24, 2.45) is 0 Å². The zero-order chi connectivity index (χ0) is 19.6. The van der Waals surface area contributed by atoms with Crippen molar-refractivity contribution in [2.45, 2.75) is 32.8 Å². The van der Waals surface area contributed by atoms with Gasteiger partial charge in [-0.15, -0.1) is 0 Å². The first-order valence-corrected chi connectivity index (χ1v) is 8.79. The van der Waals surface area contributed by atoms with E-state index >= 15 is 0 Å². The number of hydrogen-bond acceptors (Lipinski definition) is 4. The van der Waals surface area contributed by atoms with Gasteiger partial charge in [0.15, 0.2) is 11.4 Å². The molecule has 2 aromatic rings. The summed E-state index contributed by atoms with van der Waals surface area (Å²) in [6.07, 6.45) is 0.143. The molecule has 1 heterocycles. The van der Waals surface area contributed by atoms with E-state index in [2.05, 4.69) is 5.32 Å². The van der Waals surface area contributed by atoms with E-state index in [1.165, 1.54) is 6.92 Å². The molecule has 6 heteroatoms. The van der Waals surface area contributed by atoms with Gasteiger partial charge < -0.3 is 15.0 Å². The zero-order valence-electron chi connectivity index (χ0n) is 15.6. The molecule has 2 aromatic carbocycles. The molecule has 2 amide bonds. The summed E-state index contributed by atoms with van der Waals surface area (Å²) in [6.45, 7) is 5.18. The van der Waals surface area contributed by atoms with E-state index < -0.39 is 5.60 Å². The van der Waals surface area contributed by atoms with Crippen molar-refractivity contribution >= 4 is 29.0 Å². The van der Waals surface area contributed by atoms with Gasteiger partial charge in [-0.3, -0.25) is 14.4 Å². The van der Waals surface area contributed by atoms with Crippen LogP contribution in [0.15, 0.2) is 48.5 Å². The Balaban J connectivity index is 1.67. The predicted octanol–water partition coefficient (Wildman–Crippen LogP) is 3.42. The van der Waals surface area contributed by atoms with Crippen LogP contribution in [-0.4, -0.2) is 29.7 Å². The number of ether oxygens (including phenoxy) is 1. The minimum absolute atomic E-state index is 0.0278. The molecule has 0 atom stereocenters. The zero-order valence-corrected chi connectivity index (χ0v) is 15.6. The molecular weight excluding hydrogens is 344 g/mol. The molecular formula is C21H22N2O4. The number of fused-ring (bicyclic) bond motifs is 1. The number of ketones is 1. The quantitative estimate of drug-likeness (QED) is 0.823. The van der Waals surface area contributed by atoms with Crippen LogP contribution in [-0.2, 0) is 9.59 Å². The summed E-state index contributed by atoms with van der Waals surface area (Å²) in [6, 6.07) is 14.0. The van der Waals surface area contributed by atoms with Crippen molar-refractivity contribution in [3.05, 3.63) is 54.1 Å². The number of benzene rings is 2. The highest BCUT2D eigenvalue weighted by atomic mass is 16.5. The number of hydrogen-bond donors (Lipinski definition) is 1. The molecule has 0 aromatic heterocycles. The Morgan fingerprint density at radius 1 is 1.07 bits per heavy atom. The van der Waals surface area contributed by atoms with Crippen LogP contribution in [0.25, 0.3) is 0 Å². The second kappa shape index (κ2) is 7.23. The highest BCUT2D eigenvalue weighted by Crippen LogP contribution is 2.37. The number of Topliss-reactive ketones (excluding diaryl/α,β-unsaturated/α-hetero) is 1. The van der Waals surface area contributed by atoms with Gasteiger partial charge >= 0.3 is 0 Å². The van der Waals surface area contributed by atoms with Gasteiger partial charge in [-0.2, -0.15) is 0 Å². The molecule has 0 unspecified atom stereocenters. The SMILES string of the molecule is CC(=O)c1ccc(NC(=O)CCN2C(=O)C(C)(C)Oc3ccccc32)cc1. The topological polar surface area (TPSA) is 75.7 Å². The normalized spacial score (nSPS) is 14.9. The molecule has 0 bridgehead atoms. The van der Waals surface area contributed by atoms with Crippen LogP contribution in [0.5, 0.6) is 5.75 Å². The molecule has 6 nitrogen and oxygen atoms in total. The third kappa shape index (κ3) is 4.00. The first-order chi connectivity index (χ1) is 12.8. The van der Waals surface area contributed by atoms with Gasteiger partial charge in [-0.25, -0.2) is 0 Å². The Morgan fingerprint density at radius 2 is 1.74 bits per heavy atom. The largest absolute Gasteiger partial charge is 0.476 e. The Morgan fingerprint density at radius 3 is 2.41 bits per heavy atom. The van der Waals surface area contributed by atoms with Crippen LogP contribution >= 0.6 is 0 Å². The fraction of sp³-hybridized carbons (Fsp3) is 0.286. The first kappa shape index (κ1) is 18.6. The average Bonchev–Trinajstić information content (AvgIpc) is 2.62. The van der Waals surface area contributed by atoms with Crippen LogP contribution in [0, 0.1) is 0 Å². The van der Waals surface area contributed by atoms with E-state index in [1.807, 2.05) is 18.2 Å². The van der Waals surface area contributed by atoms with Crippen molar-refractivity contribution in [1.29, 1.82) is 0 Å². The fourth-order valence-electron chi connectivity index (χ4n) is 2.97. The summed E-state index contributed by atoms with van der Waals surface area (Å²) in [5, 5.41) is 2.79. The number of amides is 2. The molecule has 1 aliphatic heterocycles. The number of nitrogens with zero attached hydrogens (tertiary/aromatic N) is 1. The highest BCUT2D eigenvalue weighted by molar-refractivity contribution is 6.03. The molecule has 1 N–H and O–H groups in total. The second-order valence-electron chi connectivity index (χ2n) is 6.97. The third-order valence-corrected chi connectivity index (χ3v) is 4.42. The number of carbonyl (C=O) groups is 3. The van der Waals surface area contributed by atoms with Crippen molar-refractivity contribution in [2.75, 3.05) is 16.8 Å². The number of para-hydroxylation sites is 2. The van der Waals surface area contributed by atoms with Crippen LogP contribution in [0.3, 0.4) is 0 Å². The molecule has 140 valence electrons. The van der Waals surface area contributed by atoms with Crippen LogP contribution in [0.2, 0.25) is 0 Å². The summed E-state index contributed by atoms with van der Waals surface area (Å²) >= 11 is 0. The molecule has 0 radical (unpaired) electrons. The molecule has 0 saturated carbocycles. The van der Waals surface area contributed by atoms with Crippen LogP contribution in [0.1, 0.15) is 37.6 Å². The van der Waals surface area contributed by atoms with Crippen LogP contribution in [0.4, 0.5) is 11.4 Å². The lowest BCUT2D eigenvalue weighted by molar-refractivity contribution is -0.132. The van der Waals surface area contributed by atoms with Gasteiger partial charge in [0, 0.05) is 24.2 Å². The van der Waals surface area contributed by atoms with Gasteiger partial charge in [-0.05, 0) is 57.2 Å². The maximum atomic E-state index is 12.7. The molecule has 0 saturated heterocycles. The van der Waals surface area contributed by atoms with E-state index in [4.69, 9.17) is 4.74 Å². The number of anilines is 2. The Bertz CT molecular complexity index is 887. The fourth-order valence-corrected chi connectivity index (χ4v) is 2.97. The average molecular weight is 366 g/mol. The van der Waals surface area contributed by atoms with Crippen LogP contribution < -0.4 is 15.0 Å². The van der Waals surface area contributed by atoms with Gasteiger partial charge in [0.25, 0.3) is 5.91 Å². The van der Waals surface area contributed by atoms with Gasteiger partial charge in [0.1, 0.15) is 5.75 Å². The molecule has 0 fully saturated rings. The smallest absolute Gasteiger partial charge is 0.270 e.